The second-order valence-electron chi connectivity index (χ2n) is 10.6. The Labute approximate surface area is 204 Å². The molecule has 3 aromatic rings. The number of carbonyl (C=O) groups is 1. The van der Waals surface area contributed by atoms with Gasteiger partial charge in [-0.15, -0.1) is 0 Å². The molecule has 0 radical (unpaired) electrons. The predicted octanol–water partition coefficient (Wildman–Crippen LogP) is 4.56. The van der Waals surface area contributed by atoms with Gasteiger partial charge in [0.25, 0.3) is 0 Å². The second kappa shape index (κ2) is 8.31. The van der Waals surface area contributed by atoms with Gasteiger partial charge in [0, 0.05) is 13.7 Å². The molecule has 182 valence electrons. The highest BCUT2D eigenvalue weighted by Crippen LogP contribution is 2.47. The van der Waals surface area contributed by atoms with E-state index in [1.807, 2.05) is 32.3 Å². The molecular formula is C26H30N6O3. The molecule has 1 aromatic carbocycles. The molecule has 1 saturated carbocycles. The number of methoxy groups -OCH3 is 1. The molecule has 9 heteroatoms. The van der Waals surface area contributed by atoms with Gasteiger partial charge in [-0.1, -0.05) is 6.92 Å². The van der Waals surface area contributed by atoms with E-state index in [-0.39, 0.29) is 11.5 Å². The van der Waals surface area contributed by atoms with Crippen LogP contribution in [0.4, 0.5) is 10.6 Å². The highest BCUT2D eigenvalue weighted by molar-refractivity contribution is 5.89. The van der Waals surface area contributed by atoms with E-state index >= 15 is 0 Å². The van der Waals surface area contributed by atoms with Gasteiger partial charge in [0.15, 0.2) is 5.82 Å². The molecule has 2 unspecified atom stereocenters. The number of nitriles is 1. The Morgan fingerprint density at radius 3 is 2.77 bits per heavy atom. The zero-order valence-electron chi connectivity index (χ0n) is 20.6. The smallest absolute Gasteiger partial charge is 0.416 e. The van der Waals surface area contributed by atoms with Crippen LogP contribution in [0.1, 0.15) is 57.7 Å². The lowest BCUT2D eigenvalue weighted by Crippen LogP contribution is -2.45. The number of ether oxygens (including phenoxy) is 2. The van der Waals surface area contributed by atoms with Gasteiger partial charge in [0.05, 0.1) is 53.6 Å². The molecule has 5 rings (SSSR count). The fourth-order valence-corrected chi connectivity index (χ4v) is 5.49. The van der Waals surface area contributed by atoms with Crippen LogP contribution in [-0.2, 0) is 21.6 Å². The van der Waals surface area contributed by atoms with Gasteiger partial charge < -0.3 is 14.0 Å². The molecule has 9 nitrogen and oxygen atoms in total. The minimum absolute atomic E-state index is 0.0944. The molecule has 35 heavy (non-hydrogen) atoms. The van der Waals surface area contributed by atoms with Gasteiger partial charge in [0.2, 0.25) is 0 Å². The number of nitrogens with zero attached hydrogens (tertiary/aromatic N) is 6. The highest BCUT2D eigenvalue weighted by Gasteiger charge is 2.52. The van der Waals surface area contributed by atoms with E-state index in [9.17, 15) is 10.1 Å². The average molecular weight is 475 g/mol. The molecule has 2 fully saturated rings. The third kappa shape index (κ3) is 4.23. The summed E-state index contributed by atoms with van der Waals surface area (Å²) in [6.45, 7) is 7.27. The van der Waals surface area contributed by atoms with Crippen LogP contribution in [0.3, 0.4) is 0 Å². The number of hydrogen-bond acceptors (Lipinski definition) is 7. The van der Waals surface area contributed by atoms with Crippen LogP contribution in [0.15, 0.2) is 36.9 Å². The first-order chi connectivity index (χ1) is 16.7. The summed E-state index contributed by atoms with van der Waals surface area (Å²) in [7, 11) is 1.63. The number of aromatic nitrogens is 4. The fourth-order valence-electron chi connectivity index (χ4n) is 5.49. The van der Waals surface area contributed by atoms with Crippen LogP contribution in [0.25, 0.3) is 11.0 Å². The molecule has 0 bridgehead atoms. The number of hydrogen-bond donors (Lipinski definition) is 0. The first-order valence-corrected chi connectivity index (χ1v) is 11.9. The molecule has 2 aromatic heterocycles. The first-order valence-electron chi connectivity index (χ1n) is 11.9. The maximum Gasteiger partial charge on any atom is 0.416 e. The van der Waals surface area contributed by atoms with Gasteiger partial charge in [-0.3, -0.25) is 9.88 Å². The normalized spacial score (nSPS) is 24.7. The molecule has 1 aliphatic carbocycles. The third-order valence-electron chi connectivity index (χ3n) is 7.48. The van der Waals surface area contributed by atoms with E-state index in [0.717, 1.165) is 43.3 Å². The summed E-state index contributed by atoms with van der Waals surface area (Å²) in [6, 6.07) is 7.76. The summed E-state index contributed by atoms with van der Waals surface area (Å²) in [5.74, 6) is 0.486. The Morgan fingerprint density at radius 1 is 1.23 bits per heavy atom. The molecule has 1 amide bonds. The predicted molar refractivity (Wildman–Crippen MR) is 130 cm³/mol. The number of amides is 1. The van der Waals surface area contributed by atoms with Crippen LogP contribution < -0.4 is 4.90 Å². The molecule has 2 atom stereocenters. The Hall–Kier alpha value is -3.51. The molecular weight excluding hydrogens is 444 g/mol. The lowest BCUT2D eigenvalue weighted by Gasteiger charge is -2.43. The quantitative estimate of drug-likeness (QED) is 0.534. The fraction of sp³-hybridized carbons (Fsp3) is 0.500. The maximum absolute atomic E-state index is 12.9. The zero-order chi connectivity index (χ0) is 24.8. The van der Waals surface area contributed by atoms with Crippen molar-refractivity contribution in [1.29, 1.82) is 5.26 Å². The summed E-state index contributed by atoms with van der Waals surface area (Å²) in [5, 5.41) is 9.30. The Balaban J connectivity index is 1.36. The Morgan fingerprint density at radius 2 is 2.06 bits per heavy atom. The third-order valence-corrected chi connectivity index (χ3v) is 7.48. The zero-order valence-corrected chi connectivity index (χ0v) is 20.6. The maximum atomic E-state index is 12.9. The van der Waals surface area contributed by atoms with Crippen molar-refractivity contribution in [1.82, 2.24) is 19.5 Å². The van der Waals surface area contributed by atoms with Gasteiger partial charge in [-0.25, -0.2) is 14.8 Å². The SMILES string of the molecule is COC(C)(C)c1cnc(N2CC3(CCCC(C)(Cn4cnc5ccc(C#N)cc54)C3)OC2=O)cn1. The van der Waals surface area contributed by atoms with Crippen molar-refractivity contribution < 1.29 is 14.3 Å². The van der Waals surface area contributed by atoms with Gasteiger partial charge in [0.1, 0.15) is 11.2 Å². The Kier molecular flexibility index (Phi) is 5.52. The van der Waals surface area contributed by atoms with Crippen molar-refractivity contribution in [3.63, 3.8) is 0 Å². The van der Waals surface area contributed by atoms with Crippen molar-refractivity contribution in [3.05, 3.63) is 48.2 Å². The van der Waals surface area contributed by atoms with Gasteiger partial charge in [-0.05, 0) is 63.1 Å². The van der Waals surface area contributed by atoms with Crippen LogP contribution >= 0.6 is 0 Å². The number of fused-ring (bicyclic) bond motifs is 1. The first kappa shape index (κ1) is 23.2. The number of rotatable bonds is 5. The number of carbonyl (C=O) groups excluding carboxylic acids is 1. The Bertz CT molecular complexity index is 1310. The van der Waals surface area contributed by atoms with E-state index in [1.54, 1.807) is 30.5 Å². The lowest BCUT2D eigenvalue weighted by molar-refractivity contribution is -0.0264. The molecule has 2 aliphatic rings. The van der Waals surface area contributed by atoms with Crippen molar-refractivity contribution in [2.75, 3.05) is 18.6 Å². The van der Waals surface area contributed by atoms with Crippen LogP contribution in [0, 0.1) is 16.7 Å². The summed E-state index contributed by atoms with van der Waals surface area (Å²) >= 11 is 0. The minimum atomic E-state index is -0.565. The topological polar surface area (TPSA) is 106 Å². The largest absolute Gasteiger partial charge is 0.441 e. The van der Waals surface area contributed by atoms with Crippen molar-refractivity contribution in [2.45, 2.75) is 64.2 Å². The highest BCUT2D eigenvalue weighted by atomic mass is 16.6. The van der Waals surface area contributed by atoms with Gasteiger partial charge in [-0.2, -0.15) is 5.26 Å². The standard InChI is InChI=1S/C26H30N6O3/c1-24(2,34-4)21-12-29-22(13-28-21)32-16-26(35-23(32)33)9-5-8-25(3,14-26)15-31-17-30-19-7-6-18(11-27)10-20(19)31/h6-7,10,12-13,17H,5,8-9,14-16H2,1-4H3. The number of anilines is 1. The lowest BCUT2D eigenvalue weighted by atomic mass is 9.68. The van der Waals surface area contributed by atoms with Crippen LogP contribution in [-0.4, -0.2) is 44.9 Å². The average Bonchev–Trinajstić information content (AvgIpc) is 3.38. The monoisotopic (exact) mass is 474 g/mol. The van der Waals surface area contributed by atoms with E-state index in [2.05, 4.69) is 32.5 Å². The van der Waals surface area contributed by atoms with Crippen LogP contribution in [0.2, 0.25) is 0 Å². The van der Waals surface area contributed by atoms with Crippen molar-refractivity contribution >= 4 is 22.9 Å². The molecule has 3 heterocycles. The van der Waals surface area contributed by atoms with Crippen molar-refractivity contribution in [2.24, 2.45) is 5.41 Å². The van der Waals surface area contributed by atoms with E-state index < -0.39 is 11.2 Å². The summed E-state index contributed by atoms with van der Waals surface area (Å²) < 4.78 is 13.6. The molecule has 1 saturated heterocycles. The van der Waals surface area contributed by atoms with E-state index in [4.69, 9.17) is 9.47 Å². The van der Waals surface area contributed by atoms with Gasteiger partial charge >= 0.3 is 6.09 Å². The molecule has 1 aliphatic heterocycles. The molecule has 1 spiro atoms. The van der Waals surface area contributed by atoms with E-state index in [1.165, 1.54) is 0 Å². The minimum Gasteiger partial charge on any atom is -0.441 e. The number of imidazole rings is 1. The number of benzene rings is 1. The molecule has 0 N–H and O–H groups in total. The van der Waals surface area contributed by atoms with Crippen molar-refractivity contribution in [3.8, 4) is 6.07 Å². The van der Waals surface area contributed by atoms with Crippen LogP contribution in [0.5, 0.6) is 0 Å². The summed E-state index contributed by atoms with van der Waals surface area (Å²) in [5.41, 5.74) is 1.91. The summed E-state index contributed by atoms with van der Waals surface area (Å²) in [6.07, 6.45) is 8.26. The van der Waals surface area contributed by atoms with E-state index in [0.29, 0.717) is 23.6 Å². The summed E-state index contributed by atoms with van der Waals surface area (Å²) in [4.78, 5) is 28.0. The second-order valence-corrected chi connectivity index (χ2v) is 10.6.